The average molecular weight is 364 g/mol. The fourth-order valence-electron chi connectivity index (χ4n) is 3.10. The highest BCUT2D eigenvalue weighted by molar-refractivity contribution is 8.14. The van der Waals surface area contributed by atoms with Gasteiger partial charge in [0, 0.05) is 24.4 Å². The number of rotatable bonds is 5. The van der Waals surface area contributed by atoms with Crippen LogP contribution in [0.2, 0.25) is 0 Å². The zero-order valence-corrected chi connectivity index (χ0v) is 15.2. The molecule has 0 radical (unpaired) electrons. The quantitative estimate of drug-likeness (QED) is 0.752. The lowest BCUT2D eigenvalue weighted by molar-refractivity contribution is -0.131. The monoisotopic (exact) mass is 364 g/mol. The molecule has 2 aliphatic rings. The minimum absolute atomic E-state index is 0.0955. The Balaban J connectivity index is 1.51. The van der Waals surface area contributed by atoms with Gasteiger partial charge in [0.2, 0.25) is 11.8 Å². The summed E-state index contributed by atoms with van der Waals surface area (Å²) in [6.45, 7) is 1.10. The molecule has 0 aliphatic carbocycles. The zero-order chi connectivity index (χ0) is 17.1. The Morgan fingerprint density at radius 2 is 2.04 bits per heavy atom. The lowest BCUT2D eigenvalue weighted by Crippen LogP contribution is -2.41. The minimum Gasteiger partial charge on any atom is -0.341 e. The summed E-state index contributed by atoms with van der Waals surface area (Å²) in [5.74, 6) is 0.200. The predicted molar refractivity (Wildman–Crippen MR) is 96.2 cm³/mol. The molecule has 24 heavy (non-hydrogen) atoms. The van der Waals surface area contributed by atoms with Gasteiger partial charge in [0.1, 0.15) is 0 Å². The molecule has 0 spiro atoms. The highest BCUT2D eigenvalue weighted by Crippen LogP contribution is 2.26. The summed E-state index contributed by atoms with van der Waals surface area (Å²) in [6.07, 6.45) is 3.90. The molecule has 2 aliphatic heterocycles. The second-order valence-electron chi connectivity index (χ2n) is 5.95. The molecule has 128 valence electrons. The molecule has 0 bridgehead atoms. The van der Waals surface area contributed by atoms with Crippen LogP contribution in [0, 0.1) is 0 Å². The Bertz CT molecular complexity index is 632. The van der Waals surface area contributed by atoms with Gasteiger partial charge in [-0.25, -0.2) is 0 Å². The number of aryl methyl sites for hydroxylation is 1. The number of amides is 3. The van der Waals surface area contributed by atoms with Gasteiger partial charge in [-0.2, -0.15) is 0 Å². The van der Waals surface area contributed by atoms with E-state index in [4.69, 9.17) is 0 Å². The van der Waals surface area contributed by atoms with Gasteiger partial charge in [-0.3, -0.25) is 19.3 Å². The standard InChI is InChI=1S/C17H20N2O3S2/c1-23-14-5-2-12(3-6-14)4-7-15(20)18-9-8-13(10-18)19-16(21)11-24-17(19)22/h2-3,5-6,13H,4,7-11H2,1H3/t13-/m0/s1. The smallest absolute Gasteiger partial charge is 0.289 e. The summed E-state index contributed by atoms with van der Waals surface area (Å²) in [7, 11) is 0. The Hall–Kier alpha value is -1.47. The number of thioether (sulfide) groups is 2. The average Bonchev–Trinajstić information content (AvgIpc) is 3.20. The van der Waals surface area contributed by atoms with E-state index in [0.29, 0.717) is 32.4 Å². The van der Waals surface area contributed by atoms with Crippen molar-refractivity contribution in [2.75, 3.05) is 25.1 Å². The number of carbonyl (C=O) groups is 3. The Labute approximate surface area is 150 Å². The van der Waals surface area contributed by atoms with Crippen molar-refractivity contribution in [1.29, 1.82) is 0 Å². The molecule has 2 fully saturated rings. The van der Waals surface area contributed by atoms with E-state index in [2.05, 4.69) is 24.3 Å². The number of hydrogen-bond acceptors (Lipinski definition) is 5. The summed E-state index contributed by atoms with van der Waals surface area (Å²) >= 11 is 2.75. The first-order valence-electron chi connectivity index (χ1n) is 7.98. The van der Waals surface area contributed by atoms with Gasteiger partial charge in [0.25, 0.3) is 5.24 Å². The van der Waals surface area contributed by atoms with Crippen molar-refractivity contribution in [3.05, 3.63) is 29.8 Å². The van der Waals surface area contributed by atoms with Crippen molar-refractivity contribution in [3.8, 4) is 0 Å². The maximum atomic E-state index is 12.4. The highest BCUT2D eigenvalue weighted by atomic mass is 32.2. The van der Waals surface area contributed by atoms with Crippen LogP contribution in [-0.4, -0.2) is 58.0 Å². The molecule has 0 aromatic heterocycles. The molecule has 1 atom stereocenters. The molecular formula is C17H20N2O3S2. The van der Waals surface area contributed by atoms with Crippen LogP contribution in [-0.2, 0) is 16.0 Å². The van der Waals surface area contributed by atoms with Crippen LogP contribution < -0.4 is 0 Å². The maximum Gasteiger partial charge on any atom is 0.289 e. The van der Waals surface area contributed by atoms with E-state index in [0.717, 1.165) is 17.3 Å². The molecular weight excluding hydrogens is 344 g/mol. The van der Waals surface area contributed by atoms with Crippen molar-refractivity contribution < 1.29 is 14.4 Å². The first-order valence-corrected chi connectivity index (χ1v) is 10.2. The van der Waals surface area contributed by atoms with Crippen molar-refractivity contribution in [2.45, 2.75) is 30.2 Å². The van der Waals surface area contributed by atoms with E-state index in [-0.39, 0.29) is 28.8 Å². The van der Waals surface area contributed by atoms with Gasteiger partial charge in [-0.05, 0) is 36.8 Å². The fraction of sp³-hybridized carbons (Fsp3) is 0.471. The van der Waals surface area contributed by atoms with Crippen LogP contribution in [0.25, 0.3) is 0 Å². The second-order valence-corrected chi connectivity index (χ2v) is 7.75. The van der Waals surface area contributed by atoms with E-state index in [1.165, 1.54) is 9.80 Å². The summed E-state index contributed by atoms with van der Waals surface area (Å²) in [5, 5.41) is -0.173. The van der Waals surface area contributed by atoms with Crippen LogP contribution >= 0.6 is 23.5 Å². The van der Waals surface area contributed by atoms with E-state index in [9.17, 15) is 14.4 Å². The molecule has 5 nitrogen and oxygen atoms in total. The summed E-state index contributed by atoms with van der Waals surface area (Å²) in [5.41, 5.74) is 1.15. The molecule has 2 heterocycles. The van der Waals surface area contributed by atoms with Gasteiger partial charge in [-0.1, -0.05) is 23.9 Å². The summed E-state index contributed by atoms with van der Waals surface area (Å²) < 4.78 is 0. The SMILES string of the molecule is CSc1ccc(CCC(=O)N2CC[C@H](N3C(=O)CSC3=O)C2)cc1. The van der Waals surface area contributed by atoms with Gasteiger partial charge in [-0.15, -0.1) is 11.8 Å². The molecule has 3 amide bonds. The number of nitrogens with zero attached hydrogens (tertiary/aromatic N) is 2. The Morgan fingerprint density at radius 1 is 1.29 bits per heavy atom. The molecule has 1 aromatic carbocycles. The molecule has 0 saturated carbocycles. The third-order valence-electron chi connectivity index (χ3n) is 4.45. The van der Waals surface area contributed by atoms with E-state index in [1.807, 2.05) is 6.26 Å². The molecule has 3 rings (SSSR count). The lowest BCUT2D eigenvalue weighted by atomic mass is 10.1. The predicted octanol–water partition coefficient (Wildman–Crippen LogP) is 2.64. The molecule has 0 N–H and O–H groups in total. The first kappa shape index (κ1) is 17.4. The molecule has 0 unspecified atom stereocenters. The Kier molecular flexibility index (Phi) is 5.50. The second kappa shape index (κ2) is 7.61. The number of imide groups is 1. The highest BCUT2D eigenvalue weighted by Gasteiger charge is 2.39. The maximum absolute atomic E-state index is 12.4. The largest absolute Gasteiger partial charge is 0.341 e. The van der Waals surface area contributed by atoms with Crippen LogP contribution in [0.15, 0.2) is 29.2 Å². The van der Waals surface area contributed by atoms with Crippen LogP contribution in [0.1, 0.15) is 18.4 Å². The van der Waals surface area contributed by atoms with E-state index < -0.39 is 0 Å². The Morgan fingerprint density at radius 3 is 2.67 bits per heavy atom. The molecule has 1 aromatic rings. The third-order valence-corrected chi connectivity index (χ3v) is 6.03. The lowest BCUT2D eigenvalue weighted by Gasteiger charge is -2.22. The summed E-state index contributed by atoms with van der Waals surface area (Å²) in [6, 6.07) is 8.11. The number of carbonyl (C=O) groups excluding carboxylic acids is 3. The third kappa shape index (κ3) is 3.78. The molecule has 7 heteroatoms. The first-order chi connectivity index (χ1) is 11.6. The minimum atomic E-state index is -0.173. The van der Waals surface area contributed by atoms with Crippen molar-refractivity contribution in [3.63, 3.8) is 0 Å². The van der Waals surface area contributed by atoms with Crippen LogP contribution in [0.3, 0.4) is 0 Å². The molecule has 2 saturated heterocycles. The van der Waals surface area contributed by atoms with Gasteiger partial charge < -0.3 is 4.90 Å². The van der Waals surface area contributed by atoms with Crippen molar-refractivity contribution in [1.82, 2.24) is 9.80 Å². The van der Waals surface area contributed by atoms with Gasteiger partial charge >= 0.3 is 0 Å². The normalized spacial score (nSPS) is 21.0. The van der Waals surface area contributed by atoms with E-state index in [1.54, 1.807) is 16.7 Å². The fourth-order valence-corrected chi connectivity index (χ4v) is 4.28. The summed E-state index contributed by atoms with van der Waals surface area (Å²) in [4.78, 5) is 40.3. The number of benzene rings is 1. The topological polar surface area (TPSA) is 57.7 Å². The number of likely N-dealkylation sites (tertiary alicyclic amines) is 1. The zero-order valence-electron chi connectivity index (χ0n) is 13.6. The van der Waals surface area contributed by atoms with Crippen molar-refractivity contribution >= 4 is 40.6 Å². The van der Waals surface area contributed by atoms with E-state index >= 15 is 0 Å². The number of hydrogen-bond donors (Lipinski definition) is 0. The van der Waals surface area contributed by atoms with Crippen LogP contribution in [0.5, 0.6) is 0 Å². The van der Waals surface area contributed by atoms with Crippen molar-refractivity contribution in [2.24, 2.45) is 0 Å². The van der Waals surface area contributed by atoms with Gasteiger partial charge in [0.15, 0.2) is 0 Å². The van der Waals surface area contributed by atoms with Crippen LogP contribution in [0.4, 0.5) is 4.79 Å². The van der Waals surface area contributed by atoms with Gasteiger partial charge in [0.05, 0.1) is 11.8 Å².